The molecule has 3 atom stereocenters. The number of unbranched alkanes of at least 4 members (excludes halogenated alkanes) is 1. The molecule has 2 aromatic rings. The molecule has 2 heterocycles. The van der Waals surface area contributed by atoms with Crippen LogP contribution >= 0.6 is 0 Å². The number of nitrogens with one attached hydrogen (secondary N) is 1. The van der Waals surface area contributed by atoms with Gasteiger partial charge in [0.15, 0.2) is 0 Å². The number of ether oxygens (including phenoxy) is 2. The van der Waals surface area contributed by atoms with Gasteiger partial charge in [-0.25, -0.2) is 9.78 Å². The second kappa shape index (κ2) is 13.0. The van der Waals surface area contributed by atoms with Gasteiger partial charge in [0, 0.05) is 43.4 Å². The van der Waals surface area contributed by atoms with Crippen LogP contribution in [0.25, 0.3) is 0 Å². The predicted molar refractivity (Wildman–Crippen MR) is 142 cm³/mol. The van der Waals surface area contributed by atoms with Gasteiger partial charge < -0.3 is 29.7 Å². The van der Waals surface area contributed by atoms with E-state index in [1.807, 2.05) is 6.92 Å². The van der Waals surface area contributed by atoms with E-state index in [1.54, 1.807) is 67.4 Å². The van der Waals surface area contributed by atoms with Crippen LogP contribution in [0.2, 0.25) is 0 Å². The Balaban J connectivity index is 1.84. The number of rotatable bonds is 7. The maximum Gasteiger partial charge on any atom is 0.321 e. The molecule has 9 nitrogen and oxygen atoms in total. The monoisotopic (exact) mass is 508 g/mol. The summed E-state index contributed by atoms with van der Waals surface area (Å²) in [7, 11) is 3.27. The first-order valence-corrected chi connectivity index (χ1v) is 12.5. The summed E-state index contributed by atoms with van der Waals surface area (Å²) in [6, 6.07) is 8.07. The fraction of sp³-hybridized carbons (Fsp3) is 0.464. The Kier molecular flexibility index (Phi) is 9.75. The summed E-state index contributed by atoms with van der Waals surface area (Å²) in [5, 5.41) is 12.7. The zero-order chi connectivity index (χ0) is 26.9. The second-order valence-electron chi connectivity index (χ2n) is 9.29. The zero-order valence-corrected chi connectivity index (χ0v) is 22.2. The first kappa shape index (κ1) is 27.8. The van der Waals surface area contributed by atoms with Crippen molar-refractivity contribution in [1.82, 2.24) is 14.8 Å². The van der Waals surface area contributed by atoms with Crippen LogP contribution in [0.1, 0.15) is 49.5 Å². The van der Waals surface area contributed by atoms with E-state index < -0.39 is 12.1 Å². The number of aromatic nitrogens is 1. The van der Waals surface area contributed by atoms with Crippen LogP contribution in [-0.2, 0) is 0 Å². The first-order valence-electron chi connectivity index (χ1n) is 12.5. The summed E-state index contributed by atoms with van der Waals surface area (Å²) in [6.45, 7) is 6.25. The second-order valence-corrected chi connectivity index (χ2v) is 9.29. The lowest BCUT2D eigenvalue weighted by molar-refractivity contribution is 0.0356. The van der Waals surface area contributed by atoms with Crippen LogP contribution < -0.4 is 14.8 Å². The molecule has 0 bridgehead atoms. The van der Waals surface area contributed by atoms with Gasteiger partial charge in [0.05, 0.1) is 26.3 Å². The highest BCUT2D eigenvalue weighted by Crippen LogP contribution is 2.27. The number of anilines is 1. The normalized spacial score (nSPS) is 17.8. The standard InChI is InChI=1S/C28H36N4O5/c1-6-7-8-9-21-14-24-26(29-15-21)37-25(19(2)16-32(27(24)34)20(3)18-33)17-31(4)28(35)30-22-10-12-23(36-5)13-11-22/h10-15,19-20,25,33H,6-7,16-18H2,1-5H3,(H,30,35)/t19-,20-,25+/m1/s1. The number of hydrogen-bond donors (Lipinski definition) is 2. The third kappa shape index (κ3) is 7.14. The van der Waals surface area contributed by atoms with Crippen molar-refractivity contribution < 1.29 is 24.2 Å². The molecule has 0 radical (unpaired) electrons. The molecule has 1 aliphatic heterocycles. The summed E-state index contributed by atoms with van der Waals surface area (Å²) in [4.78, 5) is 34.0. The van der Waals surface area contributed by atoms with Crippen LogP contribution in [0.4, 0.5) is 10.5 Å². The van der Waals surface area contributed by atoms with E-state index in [9.17, 15) is 14.7 Å². The number of amides is 3. The number of carbonyl (C=O) groups excluding carboxylic acids is 2. The highest BCUT2D eigenvalue weighted by atomic mass is 16.5. The minimum atomic E-state index is -0.448. The van der Waals surface area contributed by atoms with Crippen LogP contribution in [0, 0.1) is 17.8 Å². The van der Waals surface area contributed by atoms with E-state index in [2.05, 4.69) is 29.1 Å². The number of aliphatic hydroxyl groups is 1. The Morgan fingerprint density at radius 3 is 2.76 bits per heavy atom. The molecule has 198 valence electrons. The molecule has 3 rings (SSSR count). The molecule has 1 aliphatic rings. The van der Waals surface area contributed by atoms with Crippen molar-refractivity contribution >= 4 is 17.6 Å². The third-order valence-electron chi connectivity index (χ3n) is 6.27. The molecule has 0 spiro atoms. The van der Waals surface area contributed by atoms with Crippen molar-refractivity contribution in [2.24, 2.45) is 5.92 Å². The van der Waals surface area contributed by atoms with Crippen LogP contribution in [0.3, 0.4) is 0 Å². The Hall–Kier alpha value is -3.77. The lowest BCUT2D eigenvalue weighted by Crippen LogP contribution is -2.50. The van der Waals surface area contributed by atoms with E-state index in [0.717, 1.165) is 12.8 Å². The highest BCUT2D eigenvalue weighted by Gasteiger charge is 2.34. The van der Waals surface area contributed by atoms with E-state index in [4.69, 9.17) is 9.47 Å². The van der Waals surface area contributed by atoms with E-state index >= 15 is 0 Å². The van der Waals surface area contributed by atoms with Gasteiger partial charge in [-0.3, -0.25) is 4.79 Å². The molecule has 1 aromatic carbocycles. The SMILES string of the molecule is CCCC#Cc1cnc2c(c1)C(=O)N([C@H](C)CO)C[C@@H](C)[C@H](CN(C)C(=O)Nc1ccc(OC)cc1)O2. The van der Waals surface area contributed by atoms with Gasteiger partial charge >= 0.3 is 6.03 Å². The fourth-order valence-electron chi connectivity index (χ4n) is 3.92. The Bertz CT molecular complexity index is 1140. The van der Waals surface area contributed by atoms with Crippen LogP contribution in [-0.4, -0.2) is 77.8 Å². The molecule has 1 aromatic heterocycles. The molecule has 3 amide bonds. The van der Waals surface area contributed by atoms with E-state index in [-0.39, 0.29) is 36.9 Å². The number of hydrogen-bond acceptors (Lipinski definition) is 6. The number of nitrogens with zero attached hydrogens (tertiary/aromatic N) is 3. The number of methoxy groups -OCH3 is 1. The summed E-state index contributed by atoms with van der Waals surface area (Å²) < 4.78 is 11.4. The number of fused-ring (bicyclic) bond motifs is 1. The summed E-state index contributed by atoms with van der Waals surface area (Å²) in [6.07, 6.45) is 2.84. The maximum absolute atomic E-state index is 13.5. The van der Waals surface area contributed by atoms with Gasteiger partial charge in [-0.05, 0) is 43.7 Å². The predicted octanol–water partition coefficient (Wildman–Crippen LogP) is 3.63. The molecular weight excluding hydrogens is 472 g/mol. The maximum atomic E-state index is 13.5. The lowest BCUT2D eigenvalue weighted by Gasteiger charge is -2.37. The van der Waals surface area contributed by atoms with Crippen molar-refractivity contribution in [3.05, 3.63) is 47.7 Å². The van der Waals surface area contributed by atoms with Gasteiger partial charge in [-0.15, -0.1) is 0 Å². The molecule has 0 unspecified atom stereocenters. The average molecular weight is 509 g/mol. The van der Waals surface area contributed by atoms with Gasteiger partial charge in [-0.2, -0.15) is 0 Å². The molecular formula is C28H36N4O5. The minimum Gasteiger partial charge on any atom is -0.497 e. The van der Waals surface area contributed by atoms with Gasteiger partial charge in [-0.1, -0.05) is 25.7 Å². The van der Waals surface area contributed by atoms with E-state index in [0.29, 0.717) is 29.1 Å². The number of urea groups is 1. The molecule has 2 N–H and O–H groups in total. The Morgan fingerprint density at radius 1 is 1.38 bits per heavy atom. The molecule has 9 heteroatoms. The van der Waals surface area contributed by atoms with Gasteiger partial charge in [0.25, 0.3) is 5.91 Å². The minimum absolute atomic E-state index is 0.145. The lowest BCUT2D eigenvalue weighted by atomic mass is 10.00. The van der Waals surface area contributed by atoms with Crippen molar-refractivity contribution in [2.45, 2.75) is 45.8 Å². The van der Waals surface area contributed by atoms with Crippen molar-refractivity contribution in [3.63, 3.8) is 0 Å². The summed E-state index contributed by atoms with van der Waals surface area (Å²) >= 11 is 0. The molecule has 0 saturated heterocycles. The third-order valence-corrected chi connectivity index (χ3v) is 6.27. The first-order chi connectivity index (χ1) is 17.8. The molecule has 0 saturated carbocycles. The zero-order valence-electron chi connectivity index (χ0n) is 22.2. The van der Waals surface area contributed by atoms with Crippen molar-refractivity contribution in [3.8, 4) is 23.5 Å². The van der Waals surface area contributed by atoms with Gasteiger partial charge in [0.1, 0.15) is 17.4 Å². The number of benzene rings is 1. The fourth-order valence-corrected chi connectivity index (χ4v) is 3.92. The molecule has 0 aliphatic carbocycles. The number of likely N-dealkylation sites (N-methyl/N-ethyl adjacent to an activating group) is 1. The Labute approximate surface area is 218 Å². The largest absolute Gasteiger partial charge is 0.497 e. The van der Waals surface area contributed by atoms with Crippen molar-refractivity contribution in [1.29, 1.82) is 0 Å². The summed E-state index contributed by atoms with van der Waals surface area (Å²) in [5.74, 6) is 6.61. The quantitative estimate of drug-likeness (QED) is 0.554. The number of aliphatic hydroxyl groups excluding tert-OH is 1. The summed E-state index contributed by atoms with van der Waals surface area (Å²) in [5.41, 5.74) is 1.56. The van der Waals surface area contributed by atoms with E-state index in [1.165, 1.54) is 0 Å². The number of pyridine rings is 1. The average Bonchev–Trinajstić information content (AvgIpc) is 2.90. The van der Waals surface area contributed by atoms with Crippen LogP contribution in [0.5, 0.6) is 11.6 Å². The molecule has 37 heavy (non-hydrogen) atoms. The number of carbonyl (C=O) groups is 2. The van der Waals surface area contributed by atoms with Gasteiger partial charge in [0.2, 0.25) is 5.88 Å². The van der Waals surface area contributed by atoms with Crippen LogP contribution in [0.15, 0.2) is 36.5 Å². The van der Waals surface area contributed by atoms with Crippen molar-refractivity contribution in [2.75, 3.05) is 39.2 Å². The Morgan fingerprint density at radius 2 is 2.11 bits per heavy atom. The smallest absolute Gasteiger partial charge is 0.321 e. The molecule has 0 fully saturated rings. The highest BCUT2D eigenvalue weighted by molar-refractivity contribution is 5.97. The topological polar surface area (TPSA) is 104 Å².